The van der Waals surface area contributed by atoms with Gasteiger partial charge in [0.1, 0.15) is 14.1 Å². The van der Waals surface area contributed by atoms with Crippen LogP contribution in [0, 0.1) is 0 Å². The molecule has 0 saturated carbocycles. The molecule has 2 aliphatic rings. The van der Waals surface area contributed by atoms with Gasteiger partial charge in [-0.25, -0.2) is 9.56 Å². The van der Waals surface area contributed by atoms with Crippen molar-refractivity contribution in [3.63, 3.8) is 0 Å². The second kappa shape index (κ2) is 8.75. The standard InChI is InChI=1S/C15H12F3N2S.I3/c1-20(2)9-6-7-11-13(8-9)21-12-5-3-4-10(14(12)19-11)15(16,17)18;1-3-2/h3-8H,1-2H3;/q+1;-1. The van der Waals surface area contributed by atoms with E-state index in [0.717, 1.165) is 16.3 Å². The van der Waals surface area contributed by atoms with Gasteiger partial charge in [-0.1, -0.05) is 6.07 Å². The number of alkyl halides is 3. The van der Waals surface area contributed by atoms with Crippen molar-refractivity contribution in [3.8, 4) is 10.6 Å². The monoisotopic (exact) mass is 690 g/mol. The molecule has 0 aromatic heterocycles. The summed E-state index contributed by atoms with van der Waals surface area (Å²) in [5, 5.41) is 0.992. The van der Waals surface area contributed by atoms with Crippen molar-refractivity contribution in [2.75, 3.05) is 14.1 Å². The van der Waals surface area contributed by atoms with E-state index >= 15 is 0 Å². The average Bonchev–Trinajstić information content (AvgIpc) is 2.51. The number of halogens is 6. The summed E-state index contributed by atoms with van der Waals surface area (Å²) in [5.74, 6) is 0. The van der Waals surface area contributed by atoms with Gasteiger partial charge >= 0.3 is 56.7 Å². The molecule has 0 atom stereocenters. The molecule has 1 aliphatic carbocycles. The first-order valence-corrected chi connectivity index (χ1v) is 19.9. The second-order valence-electron chi connectivity index (χ2n) is 4.96. The molecular weight excluding hydrogens is 678 g/mol. The first kappa shape index (κ1) is 20.6. The van der Waals surface area contributed by atoms with E-state index in [-0.39, 0.29) is 5.52 Å². The van der Waals surface area contributed by atoms with Crippen LogP contribution < -0.4 is 23.2 Å². The molecule has 0 N–H and O–H groups in total. The Labute approximate surface area is 171 Å². The van der Waals surface area contributed by atoms with Crippen LogP contribution in [0.2, 0.25) is 0 Å². The van der Waals surface area contributed by atoms with Crippen LogP contribution in [-0.2, 0) is 6.18 Å². The van der Waals surface area contributed by atoms with Gasteiger partial charge in [0, 0.05) is 12.1 Å². The molecule has 1 heterocycles. The molecule has 3 rings (SSSR count). The Hall–Kier alpha value is 0.240. The van der Waals surface area contributed by atoms with E-state index in [1.807, 2.05) is 30.8 Å². The Balaban J connectivity index is 0.000000647. The van der Waals surface area contributed by atoms with Crippen LogP contribution >= 0.6 is 48.6 Å². The van der Waals surface area contributed by atoms with Gasteiger partial charge in [-0.15, -0.1) is 11.3 Å². The summed E-state index contributed by atoms with van der Waals surface area (Å²) in [4.78, 5) is 5.08. The fourth-order valence-electron chi connectivity index (χ4n) is 2.14. The number of hydrogen-bond acceptors (Lipinski definition) is 2. The summed E-state index contributed by atoms with van der Waals surface area (Å²) in [7, 11) is 3.84. The molecule has 0 saturated heterocycles. The summed E-state index contributed by atoms with van der Waals surface area (Å²) < 4.78 is 41.6. The first-order valence-electron chi connectivity index (χ1n) is 6.56. The molecule has 1 aromatic carbocycles. The van der Waals surface area contributed by atoms with Crippen molar-refractivity contribution in [1.82, 2.24) is 9.56 Å². The van der Waals surface area contributed by atoms with Gasteiger partial charge in [-0.3, -0.25) is 0 Å². The van der Waals surface area contributed by atoms with Crippen LogP contribution in [0.5, 0.6) is 0 Å². The topological polar surface area (TPSA) is 15.9 Å². The zero-order valence-electron chi connectivity index (χ0n) is 12.5. The van der Waals surface area contributed by atoms with Gasteiger partial charge in [-0.05, 0) is 18.2 Å². The number of fused-ring (bicyclic) bond motifs is 2. The van der Waals surface area contributed by atoms with E-state index in [1.54, 1.807) is 12.1 Å². The van der Waals surface area contributed by atoms with Crippen molar-refractivity contribution < 1.29 is 26.4 Å². The maximum absolute atomic E-state index is 13.0. The Bertz CT molecular complexity index is 889. The van der Waals surface area contributed by atoms with E-state index in [9.17, 15) is 13.2 Å². The minimum absolute atomic E-state index is 0.0140. The Morgan fingerprint density at radius 3 is 2.38 bits per heavy atom. The van der Waals surface area contributed by atoms with Crippen molar-refractivity contribution in [3.05, 3.63) is 47.3 Å². The average molecular weight is 690 g/mol. The molecule has 0 bridgehead atoms. The molecule has 9 heteroatoms. The fourth-order valence-corrected chi connectivity index (χ4v) is 3.18. The van der Waals surface area contributed by atoms with Crippen LogP contribution in [0.4, 0.5) is 13.2 Å². The third-order valence-corrected chi connectivity index (χ3v) is 4.31. The third-order valence-electron chi connectivity index (χ3n) is 3.22. The zero-order chi connectivity index (χ0) is 17.9. The number of para-hydroxylation sites is 1. The van der Waals surface area contributed by atoms with Crippen LogP contribution in [-0.4, -0.2) is 19.1 Å². The van der Waals surface area contributed by atoms with E-state index in [0.29, 0.717) is 23.6 Å². The minimum atomic E-state index is -4.39. The first-order chi connectivity index (χ1) is 11.3. The van der Waals surface area contributed by atoms with Crippen LogP contribution in [0.1, 0.15) is 5.56 Å². The molecular formula is C15H12F3I3N2S. The summed E-state index contributed by atoms with van der Waals surface area (Å²) in [6.07, 6.45) is -4.39. The normalized spacial score (nSPS) is 11.5. The molecule has 0 radical (unpaired) electrons. The predicted molar refractivity (Wildman–Crippen MR) is 106 cm³/mol. The molecule has 0 amide bonds. The Morgan fingerprint density at radius 1 is 1.12 bits per heavy atom. The molecule has 0 unspecified atom stereocenters. The summed E-state index contributed by atoms with van der Waals surface area (Å²) >= 11 is 6.62. The molecule has 1 aliphatic heterocycles. The second-order valence-corrected chi connectivity index (χ2v) is 22.3. The molecule has 130 valence electrons. The van der Waals surface area contributed by atoms with Crippen LogP contribution in [0.3, 0.4) is 0 Å². The Kier molecular flexibility index (Phi) is 7.49. The van der Waals surface area contributed by atoms with Crippen molar-refractivity contribution in [2.45, 2.75) is 6.18 Å². The van der Waals surface area contributed by atoms with Crippen molar-refractivity contribution in [2.24, 2.45) is 0 Å². The Morgan fingerprint density at radius 2 is 1.79 bits per heavy atom. The van der Waals surface area contributed by atoms with Crippen LogP contribution in [0.25, 0.3) is 20.8 Å². The zero-order valence-corrected chi connectivity index (χ0v) is 19.8. The SMILES string of the molecule is C[N+](C)=c1ccc2nc3c(C(F)(F)F)cccc3sc-2c1.I[I-]I. The maximum atomic E-state index is 13.0. The summed E-state index contributed by atoms with van der Waals surface area (Å²) in [6.45, 7) is 0. The van der Waals surface area contributed by atoms with Crippen LogP contribution in [0.15, 0.2) is 36.4 Å². The van der Waals surface area contributed by atoms with E-state index in [2.05, 4.69) is 42.2 Å². The summed E-state index contributed by atoms with van der Waals surface area (Å²) in [5.41, 5.74) is -0.0928. The van der Waals surface area contributed by atoms with Crippen molar-refractivity contribution in [1.29, 1.82) is 0 Å². The summed E-state index contributed by atoms with van der Waals surface area (Å²) in [6, 6.07) is 9.71. The van der Waals surface area contributed by atoms with Gasteiger partial charge < -0.3 is 0 Å². The van der Waals surface area contributed by atoms with Gasteiger partial charge in [0.25, 0.3) is 0 Å². The van der Waals surface area contributed by atoms with E-state index in [4.69, 9.17) is 0 Å². The van der Waals surface area contributed by atoms with Gasteiger partial charge in [0.15, 0.2) is 0 Å². The molecule has 0 fully saturated rings. The number of benzene rings is 2. The fraction of sp³-hybridized carbons (Fsp3) is 0.200. The number of aromatic nitrogens is 1. The number of nitrogens with zero attached hydrogens (tertiary/aromatic N) is 2. The number of rotatable bonds is 0. The van der Waals surface area contributed by atoms with Gasteiger partial charge in [0.2, 0.25) is 5.36 Å². The molecule has 2 nitrogen and oxygen atoms in total. The van der Waals surface area contributed by atoms with Crippen molar-refractivity contribution >= 4 is 58.8 Å². The van der Waals surface area contributed by atoms with E-state index in [1.165, 1.54) is 17.4 Å². The van der Waals surface area contributed by atoms with Gasteiger partial charge in [-0.2, -0.15) is 13.2 Å². The molecule has 0 spiro atoms. The predicted octanol–water partition coefficient (Wildman–Crippen LogP) is 2.23. The molecule has 1 aromatic rings. The third kappa shape index (κ3) is 4.90. The molecule has 24 heavy (non-hydrogen) atoms. The van der Waals surface area contributed by atoms with Gasteiger partial charge in [0.05, 0.1) is 26.4 Å². The van der Waals surface area contributed by atoms with E-state index < -0.39 is 11.7 Å². The quantitative estimate of drug-likeness (QED) is 0.201. The number of hydrogen-bond donors (Lipinski definition) is 0.